The molecule has 1 unspecified atom stereocenters. The molecule has 0 bridgehead atoms. The van der Waals surface area contributed by atoms with E-state index in [1.807, 2.05) is 13.1 Å². The molecule has 0 amide bonds. The maximum Gasteiger partial charge on any atom is 0.234 e. The monoisotopic (exact) mass is 159 g/mol. The largest absolute Gasteiger partial charge is 0.298 e. The second-order valence-electron chi connectivity index (χ2n) is 4.69. The Labute approximate surface area is 65.6 Å². The summed E-state index contributed by atoms with van der Waals surface area (Å²) >= 11 is 0. The quantitative estimate of drug-likeness (QED) is 0.524. The van der Waals surface area contributed by atoms with Crippen molar-refractivity contribution in [3.63, 3.8) is 0 Å². The molecule has 0 saturated carbocycles. The highest BCUT2D eigenvalue weighted by Crippen LogP contribution is 2.37. The molecule has 0 rings (SSSR count). The average Bonchev–Trinajstić information content (AvgIpc) is 1.59. The van der Waals surface area contributed by atoms with Gasteiger partial charge in [0.2, 0.25) is 8.32 Å². The lowest BCUT2D eigenvalue weighted by atomic mass is 9.93. The lowest BCUT2D eigenvalue weighted by Gasteiger charge is -2.33. The zero-order chi connectivity index (χ0) is 8.58. The molecule has 0 heterocycles. The Hall–Kier alpha value is 0.177. The second kappa shape index (κ2) is 2.66. The molecule has 0 aromatic heterocycles. The van der Waals surface area contributed by atoms with Gasteiger partial charge in [0.15, 0.2) is 0 Å². The molecule has 1 atom stereocenters. The lowest BCUT2D eigenvalue weighted by molar-refractivity contribution is 0.325. The first-order valence-corrected chi connectivity index (χ1v) is 6.84. The van der Waals surface area contributed by atoms with Crippen molar-refractivity contribution in [2.75, 3.05) is 0 Å². The fourth-order valence-electron chi connectivity index (χ4n) is 1.04. The molecule has 1 radical (unpaired) electrons. The number of hydrogen-bond acceptors (Lipinski definition) is 0. The Kier molecular flexibility index (Phi) is 2.71. The summed E-state index contributed by atoms with van der Waals surface area (Å²) in [6.45, 7) is 12.3. The summed E-state index contributed by atoms with van der Waals surface area (Å²) in [7, 11) is -2.15. The Balaban J connectivity index is 4.23. The summed E-state index contributed by atoms with van der Waals surface area (Å²) in [6.07, 6.45) is 0. The van der Waals surface area contributed by atoms with E-state index in [4.69, 9.17) is 0 Å². The van der Waals surface area contributed by atoms with E-state index in [-0.39, 0.29) is 5.41 Å². The molecular weight excluding hydrogens is 140 g/mol. The van der Waals surface area contributed by atoms with Gasteiger partial charge in [-0.2, -0.15) is 0 Å². The minimum Gasteiger partial charge on any atom is -0.298 e. The summed E-state index contributed by atoms with van der Waals surface area (Å²) in [4.78, 5) is 11.6. The SMILES string of the molecule is CC(C(C)(C)C)[Si](C)(C)[O]. The topological polar surface area (TPSA) is 19.9 Å². The molecule has 10 heavy (non-hydrogen) atoms. The normalized spacial score (nSPS) is 17.1. The Morgan fingerprint density at radius 3 is 1.50 bits per heavy atom. The summed E-state index contributed by atoms with van der Waals surface area (Å²) in [5.41, 5.74) is 0.539. The molecule has 0 aromatic carbocycles. The summed E-state index contributed by atoms with van der Waals surface area (Å²) in [5, 5.41) is 0. The van der Waals surface area contributed by atoms with Gasteiger partial charge in [0.05, 0.1) is 0 Å². The third-order valence-corrected chi connectivity index (χ3v) is 5.29. The van der Waals surface area contributed by atoms with Crippen molar-refractivity contribution in [2.45, 2.75) is 46.3 Å². The molecule has 1 nitrogen and oxygen atoms in total. The van der Waals surface area contributed by atoms with Crippen molar-refractivity contribution in [3.05, 3.63) is 0 Å². The minimum absolute atomic E-state index is 0.192. The first-order valence-electron chi connectivity index (χ1n) is 3.86. The first kappa shape index (κ1) is 10.2. The maximum atomic E-state index is 11.6. The molecule has 0 aliphatic carbocycles. The van der Waals surface area contributed by atoms with Gasteiger partial charge in [-0.3, -0.25) is 4.80 Å². The van der Waals surface area contributed by atoms with Crippen LogP contribution in [-0.2, 0) is 4.80 Å². The van der Waals surface area contributed by atoms with E-state index < -0.39 is 8.32 Å². The van der Waals surface area contributed by atoms with Gasteiger partial charge in [-0.05, 0) is 24.1 Å². The molecule has 0 aliphatic rings. The molecule has 0 aromatic rings. The van der Waals surface area contributed by atoms with E-state index in [0.717, 1.165) is 0 Å². The molecule has 0 aliphatic heterocycles. The van der Waals surface area contributed by atoms with Gasteiger partial charge in [-0.25, -0.2) is 0 Å². The Morgan fingerprint density at radius 1 is 1.20 bits per heavy atom. The van der Waals surface area contributed by atoms with Crippen LogP contribution in [0.25, 0.3) is 0 Å². The Morgan fingerprint density at radius 2 is 1.50 bits per heavy atom. The highest BCUT2D eigenvalue weighted by atomic mass is 28.4. The van der Waals surface area contributed by atoms with E-state index in [1.165, 1.54) is 0 Å². The molecule has 0 fully saturated rings. The van der Waals surface area contributed by atoms with Gasteiger partial charge >= 0.3 is 0 Å². The van der Waals surface area contributed by atoms with Crippen LogP contribution in [0.5, 0.6) is 0 Å². The highest BCUT2D eigenvalue weighted by Gasteiger charge is 2.36. The fraction of sp³-hybridized carbons (Fsp3) is 1.00. The van der Waals surface area contributed by atoms with Gasteiger partial charge in [0, 0.05) is 0 Å². The molecule has 0 spiro atoms. The third kappa shape index (κ3) is 2.84. The zero-order valence-corrected chi connectivity index (χ0v) is 8.99. The van der Waals surface area contributed by atoms with Crippen LogP contribution < -0.4 is 0 Å². The van der Waals surface area contributed by atoms with Crippen molar-refractivity contribution in [3.8, 4) is 0 Å². The third-order valence-electron chi connectivity index (χ3n) is 2.34. The van der Waals surface area contributed by atoms with Crippen LogP contribution in [0.2, 0.25) is 18.6 Å². The van der Waals surface area contributed by atoms with Crippen molar-refractivity contribution < 1.29 is 4.80 Å². The summed E-state index contributed by atoms with van der Waals surface area (Å²) < 4.78 is 0. The van der Waals surface area contributed by atoms with Crippen molar-refractivity contribution in [1.29, 1.82) is 0 Å². The van der Waals surface area contributed by atoms with E-state index >= 15 is 0 Å². The van der Waals surface area contributed by atoms with Crippen LogP contribution in [0.3, 0.4) is 0 Å². The zero-order valence-electron chi connectivity index (χ0n) is 7.99. The first-order chi connectivity index (χ1) is 4.15. The van der Waals surface area contributed by atoms with Crippen molar-refractivity contribution >= 4 is 8.32 Å². The van der Waals surface area contributed by atoms with Crippen LogP contribution in [0.4, 0.5) is 0 Å². The van der Waals surface area contributed by atoms with Gasteiger partial charge in [-0.1, -0.05) is 27.7 Å². The van der Waals surface area contributed by atoms with Crippen LogP contribution in [0.15, 0.2) is 0 Å². The lowest BCUT2D eigenvalue weighted by Crippen LogP contribution is -2.36. The van der Waals surface area contributed by atoms with E-state index in [9.17, 15) is 4.80 Å². The van der Waals surface area contributed by atoms with Crippen LogP contribution in [-0.4, -0.2) is 8.32 Å². The number of hydrogen-bond donors (Lipinski definition) is 0. The minimum atomic E-state index is -2.15. The van der Waals surface area contributed by atoms with Gasteiger partial charge in [0.1, 0.15) is 0 Å². The fourth-order valence-corrected chi connectivity index (χ4v) is 3.13. The second-order valence-corrected chi connectivity index (χ2v) is 8.76. The average molecular weight is 159 g/mol. The molecule has 0 N–H and O–H groups in total. The standard InChI is InChI=1S/C8H19OSi/c1-7(8(2,3)4)10(5,6)9/h7H,1-6H3. The smallest absolute Gasteiger partial charge is 0.234 e. The van der Waals surface area contributed by atoms with Crippen LogP contribution in [0, 0.1) is 5.41 Å². The molecule has 61 valence electrons. The van der Waals surface area contributed by atoms with Gasteiger partial charge in [0.25, 0.3) is 0 Å². The summed E-state index contributed by atoms with van der Waals surface area (Å²) in [5.74, 6) is 0. The number of rotatable bonds is 1. The maximum absolute atomic E-state index is 11.6. The highest BCUT2D eigenvalue weighted by molar-refractivity contribution is 6.71. The predicted molar refractivity (Wildman–Crippen MR) is 47.0 cm³/mol. The van der Waals surface area contributed by atoms with E-state index in [1.54, 1.807) is 0 Å². The van der Waals surface area contributed by atoms with Crippen molar-refractivity contribution in [2.24, 2.45) is 5.41 Å². The van der Waals surface area contributed by atoms with Crippen molar-refractivity contribution in [1.82, 2.24) is 0 Å². The van der Waals surface area contributed by atoms with Gasteiger partial charge < -0.3 is 0 Å². The Bertz CT molecular complexity index is 93.4. The van der Waals surface area contributed by atoms with Crippen LogP contribution >= 0.6 is 0 Å². The molecule has 0 saturated heterocycles. The van der Waals surface area contributed by atoms with Gasteiger partial charge in [-0.15, -0.1) is 0 Å². The van der Waals surface area contributed by atoms with Crippen LogP contribution in [0.1, 0.15) is 27.7 Å². The molecule has 2 heteroatoms. The van der Waals surface area contributed by atoms with E-state index in [2.05, 4.69) is 27.7 Å². The van der Waals surface area contributed by atoms with E-state index in [0.29, 0.717) is 5.54 Å². The molecular formula is C8H19OSi. The summed E-state index contributed by atoms with van der Waals surface area (Å²) in [6, 6.07) is 0. The predicted octanol–water partition coefficient (Wildman–Crippen LogP) is 3.06.